The lowest BCUT2D eigenvalue weighted by Crippen LogP contribution is -2.28. The van der Waals surface area contributed by atoms with Crippen molar-refractivity contribution in [1.29, 1.82) is 0 Å². The highest BCUT2D eigenvalue weighted by Gasteiger charge is 2.37. The number of anilines is 2. The first-order valence-electron chi connectivity index (χ1n) is 8.18. The third-order valence-corrected chi connectivity index (χ3v) is 4.33. The maximum atomic E-state index is 12.9. The number of hydrogen-bond acceptors (Lipinski definition) is 4. The van der Waals surface area contributed by atoms with E-state index >= 15 is 0 Å². The minimum Gasteiger partial charge on any atom is -0.326 e. The second-order valence-corrected chi connectivity index (χ2v) is 6.25. The third kappa shape index (κ3) is 4.11. The molecule has 10 heteroatoms. The standard InChI is InChI=1S/C18H14F3N3O4/c19-18(20,21)12-2-1-3-15(9-12)23-10-11(8-16(23)25)17(26)22-13-4-6-14(7-5-13)24(27)28/h1-7,9,11H,8,10H2,(H,22,26)/t11-/m1/s1. The SMILES string of the molecule is O=C(Nc1ccc([N+](=O)[O-])cc1)[C@@H]1CC(=O)N(c2cccc(C(F)(F)F)c2)C1. The lowest BCUT2D eigenvalue weighted by atomic mass is 10.1. The van der Waals surface area contributed by atoms with E-state index < -0.39 is 34.4 Å². The number of rotatable bonds is 4. The summed E-state index contributed by atoms with van der Waals surface area (Å²) in [4.78, 5) is 35.8. The summed E-state index contributed by atoms with van der Waals surface area (Å²) in [5.41, 5.74) is -0.618. The number of halogens is 3. The number of carbonyl (C=O) groups is 2. The summed E-state index contributed by atoms with van der Waals surface area (Å²) in [5.74, 6) is -1.70. The average molecular weight is 393 g/mol. The molecule has 0 aliphatic carbocycles. The fraction of sp³-hybridized carbons (Fsp3) is 0.222. The lowest BCUT2D eigenvalue weighted by molar-refractivity contribution is -0.384. The van der Waals surface area contributed by atoms with Gasteiger partial charge in [0, 0.05) is 36.5 Å². The van der Waals surface area contributed by atoms with Crippen molar-refractivity contribution in [2.24, 2.45) is 5.92 Å². The molecule has 0 spiro atoms. The average Bonchev–Trinajstić information content (AvgIpc) is 3.03. The zero-order chi connectivity index (χ0) is 20.5. The second-order valence-electron chi connectivity index (χ2n) is 6.25. The van der Waals surface area contributed by atoms with Gasteiger partial charge >= 0.3 is 6.18 Å². The zero-order valence-electron chi connectivity index (χ0n) is 14.3. The molecular weight excluding hydrogens is 379 g/mol. The fourth-order valence-electron chi connectivity index (χ4n) is 2.89. The largest absolute Gasteiger partial charge is 0.416 e. The van der Waals surface area contributed by atoms with Crippen molar-refractivity contribution >= 4 is 28.9 Å². The van der Waals surface area contributed by atoms with Gasteiger partial charge in [0.2, 0.25) is 11.8 Å². The van der Waals surface area contributed by atoms with Crippen molar-refractivity contribution in [2.45, 2.75) is 12.6 Å². The first-order chi connectivity index (χ1) is 13.1. The van der Waals surface area contributed by atoms with Crippen LogP contribution in [0.4, 0.5) is 30.2 Å². The van der Waals surface area contributed by atoms with Crippen molar-refractivity contribution in [3.05, 3.63) is 64.2 Å². The van der Waals surface area contributed by atoms with Crippen LogP contribution in [0.5, 0.6) is 0 Å². The van der Waals surface area contributed by atoms with Crippen LogP contribution >= 0.6 is 0 Å². The molecule has 0 saturated carbocycles. The summed E-state index contributed by atoms with van der Waals surface area (Å²) in [5, 5.41) is 13.2. The quantitative estimate of drug-likeness (QED) is 0.635. The van der Waals surface area contributed by atoms with Crippen LogP contribution in [0.2, 0.25) is 0 Å². The molecule has 0 radical (unpaired) electrons. The molecule has 28 heavy (non-hydrogen) atoms. The molecular formula is C18H14F3N3O4. The highest BCUT2D eigenvalue weighted by Crippen LogP contribution is 2.33. The number of nitro benzene ring substituents is 1. The van der Waals surface area contributed by atoms with E-state index in [0.29, 0.717) is 5.69 Å². The Hall–Kier alpha value is -3.43. The molecule has 2 aromatic carbocycles. The van der Waals surface area contributed by atoms with Crippen molar-refractivity contribution in [3.63, 3.8) is 0 Å². The van der Waals surface area contributed by atoms with Crippen LogP contribution in [-0.4, -0.2) is 23.3 Å². The molecule has 1 fully saturated rings. The molecule has 3 rings (SSSR count). The predicted molar refractivity (Wildman–Crippen MR) is 93.6 cm³/mol. The van der Waals surface area contributed by atoms with Gasteiger partial charge in [0.15, 0.2) is 0 Å². The van der Waals surface area contributed by atoms with Gasteiger partial charge in [-0.05, 0) is 30.3 Å². The smallest absolute Gasteiger partial charge is 0.326 e. The van der Waals surface area contributed by atoms with Crippen LogP contribution < -0.4 is 10.2 Å². The number of nitro groups is 1. The van der Waals surface area contributed by atoms with Gasteiger partial charge in [0.1, 0.15) is 0 Å². The Bertz CT molecular complexity index is 928. The summed E-state index contributed by atoms with van der Waals surface area (Å²) < 4.78 is 38.6. The van der Waals surface area contributed by atoms with Crippen LogP contribution in [0.25, 0.3) is 0 Å². The van der Waals surface area contributed by atoms with Gasteiger partial charge in [-0.25, -0.2) is 0 Å². The molecule has 0 unspecified atom stereocenters. The molecule has 7 nitrogen and oxygen atoms in total. The Labute approximate surface area is 156 Å². The molecule has 1 saturated heterocycles. The van der Waals surface area contributed by atoms with Crippen LogP contribution in [-0.2, 0) is 15.8 Å². The summed E-state index contributed by atoms with van der Waals surface area (Å²) in [6.07, 6.45) is -4.68. The fourth-order valence-corrected chi connectivity index (χ4v) is 2.89. The maximum absolute atomic E-state index is 12.9. The summed E-state index contributed by atoms with van der Waals surface area (Å²) in [6.45, 7) is -0.0566. The van der Waals surface area contributed by atoms with Gasteiger partial charge in [-0.15, -0.1) is 0 Å². The number of hydrogen-bond donors (Lipinski definition) is 1. The predicted octanol–water partition coefficient (Wildman–Crippen LogP) is 3.61. The highest BCUT2D eigenvalue weighted by molar-refractivity contribution is 6.03. The molecule has 2 amide bonds. The van der Waals surface area contributed by atoms with Gasteiger partial charge < -0.3 is 10.2 Å². The Kier molecular flexibility index (Phi) is 5.04. The number of carbonyl (C=O) groups excluding carboxylic acids is 2. The van der Waals surface area contributed by atoms with E-state index in [2.05, 4.69) is 5.32 Å². The molecule has 2 aromatic rings. The van der Waals surface area contributed by atoms with Crippen molar-refractivity contribution in [1.82, 2.24) is 0 Å². The highest BCUT2D eigenvalue weighted by atomic mass is 19.4. The first-order valence-corrected chi connectivity index (χ1v) is 8.18. The van der Waals surface area contributed by atoms with E-state index in [-0.39, 0.29) is 24.3 Å². The number of nitrogens with one attached hydrogen (secondary N) is 1. The molecule has 1 aliphatic rings. The Balaban J connectivity index is 1.70. The topological polar surface area (TPSA) is 92.5 Å². The Morgan fingerprint density at radius 2 is 1.86 bits per heavy atom. The third-order valence-electron chi connectivity index (χ3n) is 4.33. The van der Waals surface area contributed by atoms with Crippen LogP contribution in [0.15, 0.2) is 48.5 Å². The van der Waals surface area contributed by atoms with E-state index in [1.54, 1.807) is 0 Å². The number of nitrogens with zero attached hydrogens (tertiary/aromatic N) is 2. The van der Waals surface area contributed by atoms with Crippen molar-refractivity contribution < 1.29 is 27.7 Å². The monoisotopic (exact) mass is 393 g/mol. The Morgan fingerprint density at radius 3 is 2.46 bits per heavy atom. The summed E-state index contributed by atoms with van der Waals surface area (Å²) in [6, 6.07) is 9.53. The number of alkyl halides is 3. The Morgan fingerprint density at radius 1 is 1.18 bits per heavy atom. The molecule has 146 valence electrons. The van der Waals surface area contributed by atoms with Gasteiger partial charge in [0.25, 0.3) is 5.69 Å². The molecule has 1 heterocycles. The normalized spacial score (nSPS) is 16.9. The first kappa shape index (κ1) is 19.3. The minimum absolute atomic E-state index is 0.0566. The van der Waals surface area contributed by atoms with Crippen molar-refractivity contribution in [3.8, 4) is 0 Å². The number of benzene rings is 2. The van der Waals surface area contributed by atoms with E-state index in [9.17, 15) is 32.9 Å². The van der Waals surface area contributed by atoms with Gasteiger partial charge in [-0.2, -0.15) is 13.2 Å². The number of non-ortho nitro benzene ring substituents is 1. The number of amides is 2. The minimum atomic E-state index is -4.54. The van der Waals surface area contributed by atoms with E-state index in [0.717, 1.165) is 17.0 Å². The molecule has 1 aliphatic heterocycles. The zero-order valence-corrected chi connectivity index (χ0v) is 14.3. The lowest BCUT2D eigenvalue weighted by Gasteiger charge is -2.18. The van der Waals surface area contributed by atoms with Gasteiger partial charge in [-0.3, -0.25) is 19.7 Å². The van der Waals surface area contributed by atoms with Gasteiger partial charge in [-0.1, -0.05) is 6.07 Å². The van der Waals surface area contributed by atoms with E-state index in [1.807, 2.05) is 0 Å². The van der Waals surface area contributed by atoms with Gasteiger partial charge in [0.05, 0.1) is 16.4 Å². The second kappa shape index (κ2) is 7.29. The van der Waals surface area contributed by atoms with Crippen molar-refractivity contribution in [2.75, 3.05) is 16.8 Å². The summed E-state index contributed by atoms with van der Waals surface area (Å²) >= 11 is 0. The van der Waals surface area contributed by atoms with E-state index in [1.165, 1.54) is 36.4 Å². The molecule has 0 bridgehead atoms. The van der Waals surface area contributed by atoms with Crippen LogP contribution in [0.3, 0.4) is 0 Å². The van der Waals surface area contributed by atoms with E-state index in [4.69, 9.17) is 0 Å². The molecule has 1 N–H and O–H groups in total. The molecule has 0 aromatic heterocycles. The maximum Gasteiger partial charge on any atom is 0.416 e. The summed E-state index contributed by atoms with van der Waals surface area (Å²) in [7, 11) is 0. The van der Waals surface area contributed by atoms with Crippen LogP contribution in [0.1, 0.15) is 12.0 Å². The van der Waals surface area contributed by atoms with Crippen LogP contribution in [0, 0.1) is 16.0 Å². The molecule has 1 atom stereocenters.